The number of piperazine rings is 1. The lowest BCUT2D eigenvalue weighted by atomic mass is 10.2. The van der Waals surface area contributed by atoms with Crippen LogP contribution in [0.15, 0.2) is 0 Å². The number of rotatable bonds is 4. The first-order valence-electron chi connectivity index (χ1n) is 8.28. The van der Waals surface area contributed by atoms with Crippen LogP contribution < -0.4 is 5.32 Å². The molecule has 3 fully saturated rings. The fourth-order valence-corrected chi connectivity index (χ4v) is 3.75. The molecule has 1 N–H and O–H groups in total. The summed E-state index contributed by atoms with van der Waals surface area (Å²) in [5, 5.41) is 3.29. The van der Waals surface area contributed by atoms with Crippen molar-refractivity contribution in [1.29, 1.82) is 0 Å². The number of hydrogen-bond donors (Lipinski definition) is 1. The normalized spacial score (nSPS) is 29.2. The molecule has 0 spiro atoms. The van der Waals surface area contributed by atoms with Crippen molar-refractivity contribution < 1.29 is 4.79 Å². The molecule has 0 aromatic heterocycles. The molecule has 3 saturated heterocycles. The monoisotopic (exact) mass is 280 g/mol. The van der Waals surface area contributed by atoms with Crippen LogP contribution >= 0.6 is 0 Å². The molecule has 20 heavy (non-hydrogen) atoms. The van der Waals surface area contributed by atoms with Gasteiger partial charge >= 0.3 is 0 Å². The summed E-state index contributed by atoms with van der Waals surface area (Å²) in [6.45, 7) is 9.55. The molecular formula is C15H28N4O. The zero-order chi connectivity index (χ0) is 13.8. The van der Waals surface area contributed by atoms with Gasteiger partial charge in [0.2, 0.25) is 5.91 Å². The maximum absolute atomic E-state index is 12.2. The van der Waals surface area contributed by atoms with Crippen LogP contribution in [0, 0.1) is 0 Å². The van der Waals surface area contributed by atoms with Gasteiger partial charge in [-0.15, -0.1) is 0 Å². The minimum absolute atomic E-state index is 0.344. The lowest BCUT2D eigenvalue weighted by molar-refractivity contribution is -0.132. The second-order valence-corrected chi connectivity index (χ2v) is 6.37. The molecule has 0 aromatic rings. The van der Waals surface area contributed by atoms with Crippen LogP contribution in [0.5, 0.6) is 0 Å². The molecule has 0 aliphatic carbocycles. The first kappa shape index (κ1) is 14.3. The average Bonchev–Trinajstić information content (AvgIpc) is 3.16. The Morgan fingerprint density at radius 3 is 2.55 bits per heavy atom. The van der Waals surface area contributed by atoms with Crippen molar-refractivity contribution in [3.8, 4) is 0 Å². The highest BCUT2D eigenvalue weighted by atomic mass is 16.2. The van der Waals surface area contributed by atoms with Gasteiger partial charge in [0.05, 0.1) is 0 Å². The number of hydrogen-bond acceptors (Lipinski definition) is 4. The van der Waals surface area contributed by atoms with E-state index in [1.165, 1.54) is 45.4 Å². The second-order valence-electron chi connectivity index (χ2n) is 6.37. The molecule has 1 atom stereocenters. The van der Waals surface area contributed by atoms with Gasteiger partial charge < -0.3 is 15.1 Å². The Balaban J connectivity index is 1.37. The predicted molar refractivity (Wildman–Crippen MR) is 79.7 cm³/mol. The van der Waals surface area contributed by atoms with E-state index in [0.717, 1.165) is 38.8 Å². The highest BCUT2D eigenvalue weighted by Crippen LogP contribution is 2.20. The third-order valence-corrected chi connectivity index (χ3v) is 5.02. The number of nitrogens with one attached hydrogen (secondary N) is 1. The van der Waals surface area contributed by atoms with Gasteiger partial charge in [-0.05, 0) is 38.9 Å². The highest BCUT2D eigenvalue weighted by molar-refractivity contribution is 5.76. The first-order valence-corrected chi connectivity index (χ1v) is 8.28. The van der Waals surface area contributed by atoms with Crippen molar-refractivity contribution in [2.75, 3.05) is 58.9 Å². The van der Waals surface area contributed by atoms with E-state index in [-0.39, 0.29) is 0 Å². The smallest absolute Gasteiger partial charge is 0.223 e. The van der Waals surface area contributed by atoms with E-state index < -0.39 is 0 Å². The Hall–Kier alpha value is -0.650. The van der Waals surface area contributed by atoms with Crippen LogP contribution in [0.3, 0.4) is 0 Å². The van der Waals surface area contributed by atoms with Crippen molar-refractivity contribution in [3.63, 3.8) is 0 Å². The summed E-state index contributed by atoms with van der Waals surface area (Å²) in [7, 11) is 0. The molecule has 0 saturated carbocycles. The molecule has 3 rings (SSSR count). The molecule has 1 amide bonds. The third-order valence-electron chi connectivity index (χ3n) is 5.02. The van der Waals surface area contributed by atoms with Gasteiger partial charge in [0, 0.05) is 51.7 Å². The van der Waals surface area contributed by atoms with E-state index in [1.54, 1.807) is 0 Å². The zero-order valence-electron chi connectivity index (χ0n) is 12.5. The summed E-state index contributed by atoms with van der Waals surface area (Å²) in [5.41, 5.74) is 0. The number of amides is 1. The third kappa shape index (κ3) is 3.51. The molecule has 1 unspecified atom stereocenters. The van der Waals surface area contributed by atoms with Crippen molar-refractivity contribution in [2.45, 2.75) is 31.7 Å². The molecule has 114 valence electrons. The van der Waals surface area contributed by atoms with Crippen LogP contribution in [0.4, 0.5) is 0 Å². The Labute approximate surface area is 122 Å². The SMILES string of the molecule is O=C(CCN1CCC(N2CCCC2)C1)N1CCNCC1. The number of carbonyl (C=O) groups is 1. The van der Waals surface area contributed by atoms with E-state index in [1.807, 2.05) is 4.90 Å². The minimum Gasteiger partial charge on any atom is -0.340 e. The molecule has 0 aromatic carbocycles. The maximum atomic E-state index is 12.2. The van der Waals surface area contributed by atoms with Crippen LogP contribution in [0.1, 0.15) is 25.7 Å². The fourth-order valence-electron chi connectivity index (χ4n) is 3.75. The Bertz CT molecular complexity index is 324. The topological polar surface area (TPSA) is 38.8 Å². The lowest BCUT2D eigenvalue weighted by Gasteiger charge is -2.28. The largest absolute Gasteiger partial charge is 0.340 e. The fraction of sp³-hybridized carbons (Fsp3) is 0.933. The number of carbonyl (C=O) groups excluding carboxylic acids is 1. The molecule has 3 aliphatic rings. The molecule has 5 heteroatoms. The van der Waals surface area contributed by atoms with Crippen LogP contribution in [-0.4, -0.2) is 85.6 Å². The Morgan fingerprint density at radius 1 is 1.05 bits per heavy atom. The van der Waals surface area contributed by atoms with Gasteiger partial charge in [0.25, 0.3) is 0 Å². The summed E-state index contributed by atoms with van der Waals surface area (Å²) in [4.78, 5) is 19.3. The standard InChI is InChI=1S/C15H28N4O/c20-15(19-11-5-16-6-12-19)4-10-17-9-3-14(13-17)18-7-1-2-8-18/h14,16H,1-13H2. The second kappa shape index (κ2) is 6.87. The quantitative estimate of drug-likeness (QED) is 0.785. The molecule has 0 bridgehead atoms. The minimum atomic E-state index is 0.344. The number of likely N-dealkylation sites (tertiary alicyclic amines) is 2. The summed E-state index contributed by atoms with van der Waals surface area (Å²) >= 11 is 0. The van der Waals surface area contributed by atoms with Gasteiger partial charge in [-0.2, -0.15) is 0 Å². The highest BCUT2D eigenvalue weighted by Gasteiger charge is 2.29. The zero-order valence-corrected chi connectivity index (χ0v) is 12.5. The van der Waals surface area contributed by atoms with Gasteiger partial charge in [-0.3, -0.25) is 9.69 Å². The van der Waals surface area contributed by atoms with Gasteiger partial charge in [-0.1, -0.05) is 0 Å². The van der Waals surface area contributed by atoms with E-state index in [2.05, 4.69) is 15.1 Å². The van der Waals surface area contributed by atoms with Gasteiger partial charge in [-0.25, -0.2) is 0 Å². The van der Waals surface area contributed by atoms with Crippen molar-refractivity contribution >= 4 is 5.91 Å². The predicted octanol–water partition coefficient (Wildman–Crippen LogP) is -0.0216. The van der Waals surface area contributed by atoms with Crippen LogP contribution in [-0.2, 0) is 4.79 Å². The van der Waals surface area contributed by atoms with Crippen LogP contribution in [0.2, 0.25) is 0 Å². The Kier molecular flexibility index (Phi) is 4.91. The molecule has 3 aliphatic heterocycles. The summed E-state index contributed by atoms with van der Waals surface area (Å²) in [6.07, 6.45) is 4.74. The molecular weight excluding hydrogens is 252 g/mol. The van der Waals surface area contributed by atoms with Gasteiger partial charge in [0.1, 0.15) is 0 Å². The van der Waals surface area contributed by atoms with Crippen LogP contribution in [0.25, 0.3) is 0 Å². The number of nitrogens with zero attached hydrogens (tertiary/aromatic N) is 3. The maximum Gasteiger partial charge on any atom is 0.223 e. The summed E-state index contributed by atoms with van der Waals surface area (Å²) in [6, 6.07) is 0.756. The van der Waals surface area contributed by atoms with E-state index in [0.29, 0.717) is 12.3 Å². The van der Waals surface area contributed by atoms with E-state index in [9.17, 15) is 4.79 Å². The van der Waals surface area contributed by atoms with Gasteiger partial charge in [0.15, 0.2) is 0 Å². The van der Waals surface area contributed by atoms with Crippen molar-refractivity contribution in [3.05, 3.63) is 0 Å². The summed E-state index contributed by atoms with van der Waals surface area (Å²) in [5.74, 6) is 0.344. The molecule has 5 nitrogen and oxygen atoms in total. The summed E-state index contributed by atoms with van der Waals surface area (Å²) < 4.78 is 0. The molecule has 0 radical (unpaired) electrons. The lowest BCUT2D eigenvalue weighted by Crippen LogP contribution is -2.47. The average molecular weight is 280 g/mol. The Morgan fingerprint density at radius 2 is 1.80 bits per heavy atom. The van der Waals surface area contributed by atoms with E-state index in [4.69, 9.17) is 0 Å². The van der Waals surface area contributed by atoms with Crippen molar-refractivity contribution in [2.24, 2.45) is 0 Å². The molecule has 3 heterocycles. The van der Waals surface area contributed by atoms with Crippen molar-refractivity contribution in [1.82, 2.24) is 20.0 Å². The van der Waals surface area contributed by atoms with E-state index >= 15 is 0 Å². The first-order chi connectivity index (χ1) is 9.83.